The molecule has 3 aliphatic rings. The van der Waals surface area contributed by atoms with E-state index in [1.54, 1.807) is 6.07 Å². The van der Waals surface area contributed by atoms with Gasteiger partial charge in [0.1, 0.15) is 17.3 Å². The van der Waals surface area contributed by atoms with Crippen LogP contribution in [-0.4, -0.2) is 50.8 Å². The van der Waals surface area contributed by atoms with Crippen molar-refractivity contribution in [3.8, 4) is 5.75 Å². The van der Waals surface area contributed by atoms with Crippen LogP contribution >= 0.6 is 11.6 Å². The number of nitrogens with one attached hydrogen (secondary N) is 2. The number of aromatic nitrogens is 1. The maximum Gasteiger partial charge on any atom is 0.270 e. The fraction of sp³-hybridized carbons (Fsp3) is 0.435. The molecule has 3 aliphatic carbocycles. The van der Waals surface area contributed by atoms with E-state index >= 15 is 0 Å². The lowest BCUT2D eigenvalue weighted by Gasteiger charge is -2.56. The van der Waals surface area contributed by atoms with E-state index in [0.29, 0.717) is 37.7 Å². The molecule has 0 spiro atoms. The van der Waals surface area contributed by atoms with Crippen LogP contribution in [0.1, 0.15) is 48.2 Å². The Morgan fingerprint density at radius 3 is 2.61 bits per heavy atom. The minimum absolute atomic E-state index is 0.0364. The third-order valence-corrected chi connectivity index (χ3v) is 6.90. The van der Waals surface area contributed by atoms with E-state index in [9.17, 15) is 24.2 Å². The predicted molar refractivity (Wildman–Crippen MR) is 117 cm³/mol. The molecule has 4 N–H and O–H groups in total. The quantitative estimate of drug-likeness (QED) is 0.484. The van der Waals surface area contributed by atoms with Crippen LogP contribution in [0.3, 0.4) is 0 Å². The summed E-state index contributed by atoms with van der Waals surface area (Å²) in [4.78, 5) is 29.3. The molecule has 1 aromatic heterocycles. The highest BCUT2D eigenvalue weighted by atomic mass is 35.5. The Morgan fingerprint density at radius 2 is 1.94 bits per heavy atom. The van der Waals surface area contributed by atoms with Crippen LogP contribution in [0, 0.1) is 5.82 Å². The number of aliphatic hydroxyl groups is 2. The van der Waals surface area contributed by atoms with E-state index in [1.807, 2.05) is 0 Å². The molecule has 1 atom stereocenters. The Morgan fingerprint density at radius 1 is 1.18 bits per heavy atom. The van der Waals surface area contributed by atoms with Gasteiger partial charge in [-0.1, -0.05) is 11.6 Å². The lowest BCUT2D eigenvalue weighted by molar-refractivity contribution is -0.132. The third kappa shape index (κ3) is 4.95. The first-order valence-electron chi connectivity index (χ1n) is 10.7. The smallest absolute Gasteiger partial charge is 0.270 e. The van der Waals surface area contributed by atoms with Crippen LogP contribution in [0.25, 0.3) is 0 Å². The van der Waals surface area contributed by atoms with Crippen molar-refractivity contribution in [1.82, 2.24) is 15.6 Å². The molecule has 10 heteroatoms. The second kappa shape index (κ2) is 9.24. The number of ether oxygens (including phenoxy) is 1. The van der Waals surface area contributed by atoms with Gasteiger partial charge in [0.15, 0.2) is 6.61 Å². The third-order valence-electron chi connectivity index (χ3n) is 6.59. The second-order valence-corrected chi connectivity index (χ2v) is 9.14. The minimum Gasteiger partial charge on any atom is -0.484 e. The molecule has 3 fully saturated rings. The number of nitrogens with zero attached hydrogens (tertiary/aromatic N) is 1. The predicted octanol–water partition coefficient (Wildman–Crippen LogP) is 2.11. The Kier molecular flexibility index (Phi) is 6.56. The van der Waals surface area contributed by atoms with Crippen molar-refractivity contribution in [3.05, 3.63) is 58.6 Å². The van der Waals surface area contributed by atoms with Gasteiger partial charge in [0.2, 0.25) is 0 Å². The highest BCUT2D eigenvalue weighted by Gasteiger charge is 2.55. The normalized spacial score (nSPS) is 26.0. The number of aliphatic hydroxyl groups excluding tert-OH is 2. The first-order chi connectivity index (χ1) is 15.7. The van der Waals surface area contributed by atoms with E-state index in [1.165, 1.54) is 24.4 Å². The zero-order chi connectivity index (χ0) is 23.6. The molecule has 2 amide bonds. The first kappa shape index (κ1) is 23.4. The summed E-state index contributed by atoms with van der Waals surface area (Å²) in [6, 6.07) is 7.08. The average Bonchev–Trinajstić information content (AvgIpc) is 2.81. The highest BCUT2D eigenvalue weighted by Crippen LogP contribution is 2.47. The maximum absolute atomic E-state index is 13.5. The summed E-state index contributed by atoms with van der Waals surface area (Å²) in [6.45, 7) is -0.518. The van der Waals surface area contributed by atoms with Crippen molar-refractivity contribution >= 4 is 23.4 Å². The summed E-state index contributed by atoms with van der Waals surface area (Å²) in [7, 11) is 0. The Bertz CT molecular complexity index is 1060. The molecule has 8 nitrogen and oxygen atoms in total. The SMILES string of the molecule is O=C(COc1ccc(Cl)c(F)c1)NC12CCC(NC(=O)c3cc(CO)ccn3)(CC1)C[C@@H]2O. The molecule has 0 unspecified atom stereocenters. The Balaban J connectivity index is 1.35. The lowest BCUT2D eigenvalue weighted by atomic mass is 9.60. The number of pyridine rings is 1. The molecule has 33 heavy (non-hydrogen) atoms. The van der Waals surface area contributed by atoms with Crippen molar-refractivity contribution in [2.24, 2.45) is 0 Å². The molecule has 2 aromatic rings. The molecule has 3 saturated carbocycles. The summed E-state index contributed by atoms with van der Waals surface area (Å²) in [5.74, 6) is -1.25. The van der Waals surface area contributed by atoms with Gasteiger partial charge in [-0.2, -0.15) is 0 Å². The highest BCUT2D eigenvalue weighted by molar-refractivity contribution is 6.30. The number of carbonyl (C=O) groups excluding carboxylic acids is 2. The van der Waals surface area contributed by atoms with E-state index in [0.717, 1.165) is 6.07 Å². The van der Waals surface area contributed by atoms with Gasteiger partial charge in [0, 0.05) is 17.8 Å². The van der Waals surface area contributed by atoms with Gasteiger partial charge < -0.3 is 25.6 Å². The Hall–Kier alpha value is -2.75. The standard InChI is InChI=1S/C23H25ClFN3O5/c24-16-2-1-15(10-17(16)25)33-13-20(31)27-23-6-4-22(5-7-23,11-19(23)30)28-21(32)18-9-14(12-29)3-8-26-18/h1-3,8-10,19,29-30H,4-7,11-13H2,(H,27,31)(H,28,32)/t19-,22?,23?/m0/s1. The van der Waals surface area contributed by atoms with Crippen molar-refractivity contribution < 1.29 is 28.9 Å². The van der Waals surface area contributed by atoms with E-state index < -0.39 is 28.9 Å². The van der Waals surface area contributed by atoms with E-state index in [2.05, 4.69) is 15.6 Å². The molecule has 1 aromatic carbocycles. The number of hydrogen-bond donors (Lipinski definition) is 4. The van der Waals surface area contributed by atoms with Crippen LogP contribution in [0.4, 0.5) is 4.39 Å². The maximum atomic E-state index is 13.5. The number of amides is 2. The average molecular weight is 478 g/mol. The molecule has 0 radical (unpaired) electrons. The van der Waals surface area contributed by atoms with Crippen molar-refractivity contribution in [3.63, 3.8) is 0 Å². The number of hydrogen-bond acceptors (Lipinski definition) is 6. The molecule has 2 bridgehead atoms. The van der Waals surface area contributed by atoms with Gasteiger partial charge in [-0.05, 0) is 61.9 Å². The number of rotatable bonds is 7. The lowest BCUT2D eigenvalue weighted by Crippen LogP contribution is -2.70. The number of fused-ring (bicyclic) bond motifs is 3. The summed E-state index contributed by atoms with van der Waals surface area (Å²) in [5, 5.41) is 26.0. The summed E-state index contributed by atoms with van der Waals surface area (Å²) in [5.41, 5.74) is -0.591. The van der Waals surface area contributed by atoms with Crippen LogP contribution in [0.15, 0.2) is 36.5 Å². The van der Waals surface area contributed by atoms with Crippen LogP contribution < -0.4 is 15.4 Å². The number of carbonyl (C=O) groups is 2. The van der Waals surface area contributed by atoms with E-state index in [4.69, 9.17) is 16.3 Å². The van der Waals surface area contributed by atoms with E-state index in [-0.39, 0.29) is 35.6 Å². The molecule has 176 valence electrons. The van der Waals surface area contributed by atoms with Gasteiger partial charge >= 0.3 is 0 Å². The molecular formula is C23H25ClFN3O5. The largest absolute Gasteiger partial charge is 0.484 e. The van der Waals surface area contributed by atoms with Crippen LogP contribution in [-0.2, 0) is 11.4 Å². The van der Waals surface area contributed by atoms with Crippen molar-refractivity contribution in [2.75, 3.05) is 6.61 Å². The molecule has 1 heterocycles. The van der Waals surface area contributed by atoms with Gasteiger partial charge in [-0.3, -0.25) is 14.6 Å². The molecular weight excluding hydrogens is 453 g/mol. The molecule has 0 saturated heterocycles. The van der Waals surface area contributed by atoms with Gasteiger partial charge in [0.25, 0.3) is 11.8 Å². The Labute approximate surface area is 195 Å². The number of halogens is 2. The number of benzene rings is 1. The van der Waals surface area contributed by atoms with Gasteiger partial charge in [-0.25, -0.2) is 4.39 Å². The molecule has 5 rings (SSSR count). The minimum atomic E-state index is -0.853. The summed E-state index contributed by atoms with van der Waals surface area (Å²) < 4.78 is 18.9. The van der Waals surface area contributed by atoms with Gasteiger partial charge in [-0.15, -0.1) is 0 Å². The van der Waals surface area contributed by atoms with Gasteiger partial charge in [0.05, 0.1) is 23.3 Å². The zero-order valence-corrected chi connectivity index (χ0v) is 18.6. The van der Waals surface area contributed by atoms with Crippen molar-refractivity contribution in [1.29, 1.82) is 0 Å². The topological polar surface area (TPSA) is 121 Å². The fourth-order valence-electron chi connectivity index (χ4n) is 4.69. The second-order valence-electron chi connectivity index (χ2n) is 8.73. The summed E-state index contributed by atoms with van der Waals surface area (Å²) >= 11 is 5.64. The zero-order valence-electron chi connectivity index (χ0n) is 17.8. The first-order valence-corrected chi connectivity index (χ1v) is 11.1. The van der Waals surface area contributed by atoms with Crippen LogP contribution in [0.2, 0.25) is 5.02 Å². The van der Waals surface area contributed by atoms with Crippen molar-refractivity contribution in [2.45, 2.75) is 55.9 Å². The fourth-order valence-corrected chi connectivity index (χ4v) is 4.81. The molecule has 0 aliphatic heterocycles. The monoisotopic (exact) mass is 477 g/mol. The van der Waals surface area contributed by atoms with Crippen LogP contribution in [0.5, 0.6) is 5.75 Å². The summed E-state index contributed by atoms with van der Waals surface area (Å²) in [6.07, 6.45) is 3.05.